The number of allylic oxidation sites excluding steroid dienone is 2. The maximum absolute atomic E-state index is 14.0. The molecular weight excluding hydrogens is 658 g/mol. The van der Waals surface area contributed by atoms with Gasteiger partial charge in [-0.25, -0.2) is 0 Å². The van der Waals surface area contributed by atoms with E-state index in [1.54, 1.807) is 18.2 Å². The van der Waals surface area contributed by atoms with Gasteiger partial charge in [0, 0.05) is 28.2 Å². The Labute approximate surface area is 248 Å². The Morgan fingerprint density at radius 3 is 2.36 bits per heavy atom. The first-order valence-electron chi connectivity index (χ1n) is 12.4. The molecule has 2 heterocycles. The number of hydrogen-bond donors (Lipinski definition) is 1. The third kappa shape index (κ3) is 3.42. The highest BCUT2D eigenvalue weighted by Crippen LogP contribution is 2.66. The summed E-state index contributed by atoms with van der Waals surface area (Å²) in [7, 11) is 2.76. The van der Waals surface area contributed by atoms with Crippen molar-refractivity contribution in [1.82, 2.24) is 4.90 Å². The summed E-state index contributed by atoms with van der Waals surface area (Å²) in [5.41, 5.74) is 1.59. The largest absolute Gasteiger partial charge is 0.508 e. The van der Waals surface area contributed by atoms with Crippen LogP contribution in [0.2, 0.25) is 0 Å². The molecule has 2 aliphatic carbocycles. The van der Waals surface area contributed by atoms with Crippen LogP contribution in [0.5, 0.6) is 11.5 Å². The van der Waals surface area contributed by atoms with Crippen molar-refractivity contribution in [3.8, 4) is 11.5 Å². The molecule has 39 heavy (non-hydrogen) atoms. The van der Waals surface area contributed by atoms with Crippen molar-refractivity contribution in [3.63, 3.8) is 0 Å². The molecule has 11 heteroatoms. The number of nitrogens with zero attached hydrogens (tertiary/aromatic N) is 2. The molecule has 0 bridgehead atoms. The van der Waals surface area contributed by atoms with Crippen LogP contribution in [0.25, 0.3) is 0 Å². The summed E-state index contributed by atoms with van der Waals surface area (Å²) in [6.45, 7) is 0. The first kappa shape index (κ1) is 26.6. The van der Waals surface area contributed by atoms with Gasteiger partial charge in [-0.05, 0) is 71.7 Å². The fourth-order valence-electron chi connectivity index (χ4n) is 6.87. The lowest BCUT2D eigenvalue weighted by Gasteiger charge is -2.51. The minimum absolute atomic E-state index is 0.0583. The van der Waals surface area contributed by atoms with Crippen molar-refractivity contribution in [2.24, 2.45) is 17.8 Å². The fourth-order valence-corrected chi connectivity index (χ4v) is 8.24. The number of phenols is 1. The molecule has 2 aromatic rings. The zero-order valence-electron chi connectivity index (χ0n) is 20.9. The number of carbonyl (C=O) groups excluding carboxylic acids is 4. The number of likely N-dealkylation sites (tertiary alicyclic amines) is 1. The van der Waals surface area contributed by atoms with Gasteiger partial charge in [-0.3, -0.25) is 29.0 Å². The van der Waals surface area contributed by atoms with Gasteiger partial charge in [0.25, 0.3) is 11.8 Å². The number of rotatable bonds is 3. The number of hydrogen-bond acceptors (Lipinski definition) is 6. The van der Waals surface area contributed by atoms with E-state index < -0.39 is 45.2 Å². The first-order valence-corrected chi connectivity index (χ1v) is 14.2. The van der Waals surface area contributed by atoms with E-state index in [-0.39, 0.29) is 36.2 Å². The predicted molar refractivity (Wildman–Crippen MR) is 152 cm³/mol. The zero-order chi connectivity index (χ0) is 28.0. The van der Waals surface area contributed by atoms with Crippen LogP contribution in [0.15, 0.2) is 54.1 Å². The molecule has 2 saturated heterocycles. The lowest BCUT2D eigenvalue weighted by Crippen LogP contribution is -2.60. The Balaban J connectivity index is 1.53. The second kappa shape index (κ2) is 8.94. The molecule has 202 valence electrons. The lowest BCUT2D eigenvalue weighted by molar-refractivity contribution is -0.138. The molecule has 6 unspecified atom stereocenters. The van der Waals surface area contributed by atoms with Crippen molar-refractivity contribution in [3.05, 3.63) is 63.2 Å². The van der Waals surface area contributed by atoms with Gasteiger partial charge in [0.1, 0.15) is 11.5 Å². The van der Waals surface area contributed by atoms with Crippen molar-refractivity contribution in [2.45, 2.75) is 28.5 Å². The molecule has 2 aromatic carbocycles. The minimum Gasteiger partial charge on any atom is -0.508 e. The number of aromatic hydroxyl groups is 1. The Morgan fingerprint density at radius 2 is 1.69 bits per heavy atom. The van der Waals surface area contributed by atoms with Crippen LogP contribution >= 0.6 is 45.8 Å². The molecule has 4 aliphatic rings. The average molecular weight is 681 g/mol. The van der Waals surface area contributed by atoms with Gasteiger partial charge in [-0.15, -0.1) is 23.2 Å². The third-order valence-electron chi connectivity index (χ3n) is 8.63. The number of phenolic OH excluding ortho intramolecular Hbond substituents is 1. The number of anilines is 1. The highest BCUT2D eigenvalue weighted by atomic mass is 127. The second-order valence-electron chi connectivity index (χ2n) is 10.4. The van der Waals surface area contributed by atoms with Gasteiger partial charge in [-0.2, -0.15) is 0 Å². The molecule has 6 rings (SSSR count). The van der Waals surface area contributed by atoms with E-state index in [0.29, 0.717) is 16.8 Å². The molecule has 6 atom stereocenters. The molecule has 0 aromatic heterocycles. The standard InChI is InChI=1S/C28H23Cl2IN2O6/c1-32-25(37)27(29)12-19-16(22(28(27,30)26(32)38)17-8-7-15(34)11-20(17)39-2)9-10-18-21(19)24(36)33(23(18)35)14-5-3-13(31)4-6-14/h3-9,11,18-19,21-22,34H,10,12H2,1-2H3. The number of imide groups is 2. The van der Waals surface area contributed by atoms with E-state index in [1.807, 2.05) is 18.2 Å². The summed E-state index contributed by atoms with van der Waals surface area (Å²) >= 11 is 16.5. The van der Waals surface area contributed by atoms with Crippen LogP contribution in [0, 0.1) is 21.3 Å². The highest BCUT2D eigenvalue weighted by molar-refractivity contribution is 14.1. The summed E-state index contributed by atoms with van der Waals surface area (Å²) in [4.78, 5) is 53.1. The summed E-state index contributed by atoms with van der Waals surface area (Å²) < 4.78 is 6.52. The summed E-state index contributed by atoms with van der Waals surface area (Å²) in [6.07, 6.45) is 2.04. The predicted octanol–water partition coefficient (Wildman–Crippen LogP) is 4.20. The van der Waals surface area contributed by atoms with Crippen molar-refractivity contribution < 1.29 is 29.0 Å². The maximum Gasteiger partial charge on any atom is 0.253 e. The molecule has 4 amide bonds. The van der Waals surface area contributed by atoms with Crippen LogP contribution in [0.3, 0.4) is 0 Å². The van der Waals surface area contributed by atoms with Gasteiger partial charge < -0.3 is 9.84 Å². The summed E-state index contributed by atoms with van der Waals surface area (Å²) in [5.74, 6) is -4.80. The number of fused-ring (bicyclic) bond motifs is 4. The van der Waals surface area contributed by atoms with Crippen LogP contribution in [0.1, 0.15) is 24.3 Å². The maximum atomic E-state index is 14.0. The van der Waals surface area contributed by atoms with Crippen molar-refractivity contribution >= 4 is 75.1 Å². The van der Waals surface area contributed by atoms with Crippen LogP contribution in [0.4, 0.5) is 5.69 Å². The van der Waals surface area contributed by atoms with Gasteiger partial charge in [-0.1, -0.05) is 17.7 Å². The van der Waals surface area contributed by atoms with Crippen LogP contribution in [-0.4, -0.2) is 57.5 Å². The van der Waals surface area contributed by atoms with Crippen molar-refractivity contribution in [1.29, 1.82) is 0 Å². The average Bonchev–Trinajstić information content (AvgIpc) is 3.24. The fraction of sp³-hybridized carbons (Fsp3) is 0.357. The SMILES string of the molecule is COc1cc(O)ccc1C1C2=CCC3C(=O)N(c4ccc(I)cc4)C(=O)C3C2CC2(Cl)C(=O)N(C)C(=O)C12Cl. The number of benzene rings is 2. The van der Waals surface area contributed by atoms with E-state index in [4.69, 9.17) is 27.9 Å². The van der Waals surface area contributed by atoms with E-state index in [9.17, 15) is 24.3 Å². The Hall–Kier alpha value is -2.63. The topological polar surface area (TPSA) is 104 Å². The van der Waals surface area contributed by atoms with E-state index in [1.165, 1.54) is 31.2 Å². The molecule has 8 nitrogen and oxygen atoms in total. The normalized spacial score (nSPS) is 33.6. The smallest absolute Gasteiger partial charge is 0.253 e. The molecule has 0 spiro atoms. The molecule has 1 N–H and O–H groups in total. The third-order valence-corrected chi connectivity index (χ3v) is 10.8. The Bertz CT molecular complexity index is 1500. The van der Waals surface area contributed by atoms with Crippen LogP contribution < -0.4 is 9.64 Å². The van der Waals surface area contributed by atoms with E-state index in [0.717, 1.165) is 8.47 Å². The number of ether oxygens (including phenoxy) is 1. The number of halogens is 3. The quantitative estimate of drug-likeness (QED) is 0.226. The van der Waals surface area contributed by atoms with Gasteiger partial charge in [0.05, 0.1) is 24.6 Å². The van der Waals surface area contributed by atoms with Crippen molar-refractivity contribution in [2.75, 3.05) is 19.1 Å². The Kier molecular flexibility index (Phi) is 6.09. The number of amides is 4. The lowest BCUT2D eigenvalue weighted by atomic mass is 9.56. The summed E-state index contributed by atoms with van der Waals surface area (Å²) in [6, 6.07) is 11.5. The second-order valence-corrected chi connectivity index (χ2v) is 12.9. The van der Waals surface area contributed by atoms with Gasteiger partial charge >= 0.3 is 0 Å². The van der Waals surface area contributed by atoms with Crippen LogP contribution in [-0.2, 0) is 19.2 Å². The molecule has 3 fully saturated rings. The van der Waals surface area contributed by atoms with Gasteiger partial charge in [0.2, 0.25) is 11.8 Å². The first-order chi connectivity index (χ1) is 18.5. The monoisotopic (exact) mass is 680 g/mol. The molecule has 1 saturated carbocycles. The van der Waals surface area contributed by atoms with Gasteiger partial charge in [0.15, 0.2) is 9.75 Å². The molecule has 0 radical (unpaired) electrons. The number of methoxy groups -OCH3 is 1. The molecular formula is C28H23Cl2IN2O6. The number of carbonyl (C=O) groups is 4. The minimum atomic E-state index is -1.92. The number of alkyl halides is 2. The van der Waals surface area contributed by atoms with E-state index >= 15 is 0 Å². The zero-order valence-corrected chi connectivity index (χ0v) is 24.5. The van der Waals surface area contributed by atoms with E-state index in [2.05, 4.69) is 22.6 Å². The summed E-state index contributed by atoms with van der Waals surface area (Å²) in [5, 5.41) is 10.1. The Morgan fingerprint density at radius 1 is 1.00 bits per heavy atom. The molecule has 2 aliphatic heterocycles. The highest BCUT2D eigenvalue weighted by Gasteiger charge is 2.76.